The van der Waals surface area contributed by atoms with E-state index < -0.39 is 5.97 Å². The lowest BCUT2D eigenvalue weighted by atomic mass is 10.2. The van der Waals surface area contributed by atoms with E-state index in [0.717, 1.165) is 26.1 Å². The van der Waals surface area contributed by atoms with E-state index in [9.17, 15) is 9.59 Å². The van der Waals surface area contributed by atoms with Crippen LogP contribution < -0.4 is 0 Å². The number of nitrogens with zero attached hydrogens (tertiary/aromatic N) is 2. The van der Waals surface area contributed by atoms with Gasteiger partial charge in [-0.25, -0.2) is 0 Å². The Morgan fingerprint density at radius 2 is 1.78 bits per heavy atom. The first-order valence-electron chi connectivity index (χ1n) is 6.54. The van der Waals surface area contributed by atoms with Crippen molar-refractivity contribution in [3.63, 3.8) is 0 Å². The van der Waals surface area contributed by atoms with Crippen LogP contribution >= 0.6 is 0 Å². The molecule has 0 saturated heterocycles. The van der Waals surface area contributed by atoms with Gasteiger partial charge in [-0.3, -0.25) is 14.5 Å². The third-order valence-electron chi connectivity index (χ3n) is 2.57. The molecule has 0 saturated carbocycles. The molecule has 0 N–H and O–H groups in total. The van der Waals surface area contributed by atoms with Crippen LogP contribution in [0.4, 0.5) is 0 Å². The van der Waals surface area contributed by atoms with E-state index in [1.165, 1.54) is 0 Å². The van der Waals surface area contributed by atoms with Gasteiger partial charge >= 0.3 is 5.97 Å². The highest BCUT2D eigenvalue weighted by Crippen LogP contribution is 1.96. The number of esters is 1. The van der Waals surface area contributed by atoms with Gasteiger partial charge in [0.1, 0.15) is 6.42 Å². The first kappa shape index (κ1) is 17.1. The van der Waals surface area contributed by atoms with Crippen LogP contribution in [0.5, 0.6) is 0 Å². The highest BCUT2D eigenvalue weighted by atomic mass is 16.5. The summed E-state index contributed by atoms with van der Waals surface area (Å²) in [5, 5.41) is 0. The average Bonchev–Trinajstić information content (AvgIpc) is 2.27. The second-order valence-electron chi connectivity index (χ2n) is 4.55. The highest BCUT2D eigenvalue weighted by Gasteiger charge is 2.13. The van der Waals surface area contributed by atoms with Crippen molar-refractivity contribution in [1.29, 1.82) is 0 Å². The van der Waals surface area contributed by atoms with Crippen LogP contribution in [-0.2, 0) is 14.3 Å². The normalized spacial score (nSPS) is 11.0. The number of carbonyl (C=O) groups excluding carboxylic acids is 2. The molecule has 0 aliphatic heterocycles. The summed E-state index contributed by atoms with van der Waals surface area (Å²) in [5.41, 5.74) is 0. The van der Waals surface area contributed by atoms with Crippen LogP contribution in [0.25, 0.3) is 0 Å². The summed E-state index contributed by atoms with van der Waals surface area (Å²) < 4.78 is 4.76. The quantitative estimate of drug-likeness (QED) is 0.428. The van der Waals surface area contributed by atoms with Gasteiger partial charge < -0.3 is 9.64 Å². The fraction of sp³-hybridized carbons (Fsp3) is 0.846. The largest absolute Gasteiger partial charge is 0.466 e. The zero-order valence-corrected chi connectivity index (χ0v) is 12.1. The van der Waals surface area contributed by atoms with E-state index in [1.807, 2.05) is 21.0 Å². The molecule has 0 aromatic heterocycles. The van der Waals surface area contributed by atoms with Gasteiger partial charge in [0.15, 0.2) is 5.78 Å². The molecule has 5 nitrogen and oxygen atoms in total. The number of carbonyl (C=O) groups is 2. The van der Waals surface area contributed by atoms with Crippen molar-refractivity contribution in [2.75, 3.05) is 46.9 Å². The van der Waals surface area contributed by atoms with Gasteiger partial charge in [0.05, 0.1) is 13.2 Å². The van der Waals surface area contributed by atoms with Crippen LogP contribution in [0.1, 0.15) is 26.7 Å². The molecule has 0 fully saturated rings. The maximum Gasteiger partial charge on any atom is 0.313 e. The van der Waals surface area contributed by atoms with Gasteiger partial charge in [0, 0.05) is 0 Å². The zero-order chi connectivity index (χ0) is 14.0. The molecular formula is C13H26N2O3. The van der Waals surface area contributed by atoms with Crippen molar-refractivity contribution in [3.8, 4) is 0 Å². The number of ketones is 1. The van der Waals surface area contributed by atoms with Crippen LogP contribution in [-0.4, -0.2) is 68.4 Å². The minimum Gasteiger partial charge on any atom is -0.466 e. The predicted octanol–water partition coefficient (Wildman–Crippen LogP) is 0.782. The zero-order valence-electron chi connectivity index (χ0n) is 12.1. The maximum absolute atomic E-state index is 11.6. The Hall–Kier alpha value is -0.940. The highest BCUT2D eigenvalue weighted by molar-refractivity contribution is 5.96. The van der Waals surface area contributed by atoms with E-state index >= 15 is 0 Å². The standard InChI is InChI=1S/C13H26N2O3/c1-5-15(9-7-8-14(3)4)11-12(16)10-13(17)18-6-2/h5-11H2,1-4H3. The number of rotatable bonds is 10. The fourth-order valence-electron chi connectivity index (χ4n) is 1.64. The van der Waals surface area contributed by atoms with Crippen molar-refractivity contribution in [3.05, 3.63) is 0 Å². The van der Waals surface area contributed by atoms with Crippen molar-refractivity contribution >= 4 is 11.8 Å². The Morgan fingerprint density at radius 1 is 1.11 bits per heavy atom. The molecule has 0 atom stereocenters. The topological polar surface area (TPSA) is 49.9 Å². The summed E-state index contributed by atoms with van der Waals surface area (Å²) >= 11 is 0. The van der Waals surface area contributed by atoms with Crippen LogP contribution in [0.3, 0.4) is 0 Å². The third kappa shape index (κ3) is 9.13. The minimum absolute atomic E-state index is 0.0693. The Balaban J connectivity index is 3.89. The van der Waals surface area contributed by atoms with Crippen molar-refractivity contribution in [2.24, 2.45) is 0 Å². The number of likely N-dealkylation sites (N-methyl/N-ethyl adjacent to an activating group) is 1. The van der Waals surface area contributed by atoms with Gasteiger partial charge in [-0.15, -0.1) is 0 Å². The molecule has 0 heterocycles. The molecular weight excluding hydrogens is 232 g/mol. The van der Waals surface area contributed by atoms with Gasteiger partial charge in [-0.2, -0.15) is 0 Å². The van der Waals surface area contributed by atoms with Crippen molar-refractivity contribution < 1.29 is 14.3 Å². The fourth-order valence-corrected chi connectivity index (χ4v) is 1.64. The van der Waals surface area contributed by atoms with Crippen LogP contribution in [0.2, 0.25) is 0 Å². The predicted molar refractivity (Wildman–Crippen MR) is 71.5 cm³/mol. The minimum atomic E-state index is -0.424. The number of hydrogen-bond acceptors (Lipinski definition) is 5. The summed E-state index contributed by atoms with van der Waals surface area (Å²) in [7, 11) is 4.06. The molecule has 106 valence electrons. The first-order chi connectivity index (χ1) is 8.49. The molecule has 0 aliphatic carbocycles. The Morgan fingerprint density at radius 3 is 2.28 bits per heavy atom. The van der Waals surface area contributed by atoms with Gasteiger partial charge in [-0.05, 0) is 47.1 Å². The molecule has 0 spiro atoms. The van der Waals surface area contributed by atoms with E-state index in [2.05, 4.69) is 9.80 Å². The molecule has 0 aromatic rings. The lowest BCUT2D eigenvalue weighted by Crippen LogP contribution is -2.33. The van der Waals surface area contributed by atoms with Crippen molar-refractivity contribution in [2.45, 2.75) is 26.7 Å². The molecule has 0 bridgehead atoms. The van der Waals surface area contributed by atoms with E-state index in [-0.39, 0.29) is 12.2 Å². The summed E-state index contributed by atoms with van der Waals surface area (Å²) in [6.45, 7) is 7.12. The summed E-state index contributed by atoms with van der Waals surface area (Å²) in [4.78, 5) is 27.0. The SMILES string of the molecule is CCOC(=O)CC(=O)CN(CC)CCCN(C)C. The van der Waals surface area contributed by atoms with Crippen molar-refractivity contribution in [1.82, 2.24) is 9.80 Å². The Bertz CT molecular complexity index is 255. The van der Waals surface area contributed by atoms with Crippen LogP contribution in [0, 0.1) is 0 Å². The Kier molecular flexibility index (Phi) is 9.50. The monoisotopic (exact) mass is 258 g/mol. The first-order valence-corrected chi connectivity index (χ1v) is 6.54. The average molecular weight is 258 g/mol. The van der Waals surface area contributed by atoms with Gasteiger partial charge in [0.2, 0.25) is 0 Å². The molecule has 0 aliphatic rings. The van der Waals surface area contributed by atoms with Gasteiger partial charge in [-0.1, -0.05) is 6.92 Å². The molecule has 18 heavy (non-hydrogen) atoms. The Labute approximate surface area is 110 Å². The van der Waals surface area contributed by atoms with Crippen LogP contribution in [0.15, 0.2) is 0 Å². The van der Waals surface area contributed by atoms with E-state index in [0.29, 0.717) is 13.2 Å². The lowest BCUT2D eigenvalue weighted by molar-refractivity contribution is -0.145. The van der Waals surface area contributed by atoms with E-state index in [1.54, 1.807) is 6.92 Å². The molecule has 0 rings (SSSR count). The summed E-state index contributed by atoms with van der Waals surface area (Å²) in [6, 6.07) is 0. The smallest absolute Gasteiger partial charge is 0.313 e. The van der Waals surface area contributed by atoms with Gasteiger partial charge in [0.25, 0.3) is 0 Å². The molecule has 0 unspecified atom stereocenters. The summed E-state index contributed by atoms with van der Waals surface area (Å²) in [6.07, 6.45) is 0.908. The van der Waals surface area contributed by atoms with E-state index in [4.69, 9.17) is 4.74 Å². The second-order valence-corrected chi connectivity index (χ2v) is 4.55. The number of Topliss-reactive ketones (excluding diaryl/α,β-unsaturated/α-hetero) is 1. The molecule has 0 amide bonds. The maximum atomic E-state index is 11.6. The molecule has 0 radical (unpaired) electrons. The molecule has 0 aromatic carbocycles. The third-order valence-corrected chi connectivity index (χ3v) is 2.57. The number of ether oxygens (including phenoxy) is 1. The number of hydrogen-bond donors (Lipinski definition) is 0. The second kappa shape index (κ2) is 10.0. The summed E-state index contributed by atoms with van der Waals surface area (Å²) in [5.74, 6) is -0.494. The molecule has 5 heteroatoms. The lowest BCUT2D eigenvalue weighted by Gasteiger charge is -2.20.